The highest BCUT2D eigenvalue weighted by molar-refractivity contribution is 7.89. The second-order valence-electron chi connectivity index (χ2n) is 4.62. The first-order valence-corrected chi connectivity index (χ1v) is 8.29. The minimum absolute atomic E-state index is 0.00543. The summed E-state index contributed by atoms with van der Waals surface area (Å²) in [6.45, 7) is 5.53. The highest BCUT2D eigenvalue weighted by Gasteiger charge is 2.29. The largest absolute Gasteiger partial charge is 0.377 e. The van der Waals surface area contributed by atoms with Gasteiger partial charge in [0.05, 0.1) is 11.9 Å². The highest BCUT2D eigenvalue weighted by Crippen LogP contribution is 2.18. The zero-order valence-corrected chi connectivity index (χ0v) is 12.1. The Morgan fingerprint density at radius 1 is 1.53 bits per heavy atom. The van der Waals surface area contributed by atoms with Gasteiger partial charge in [-0.1, -0.05) is 6.92 Å². The van der Waals surface area contributed by atoms with Crippen LogP contribution in [-0.2, 0) is 14.8 Å². The topological polar surface area (TPSA) is 46.6 Å². The summed E-state index contributed by atoms with van der Waals surface area (Å²) in [5.74, 6) is 0.506. The summed E-state index contributed by atoms with van der Waals surface area (Å²) < 4.78 is 31.3. The van der Waals surface area contributed by atoms with Crippen LogP contribution in [0.15, 0.2) is 0 Å². The van der Waals surface area contributed by atoms with Crippen LogP contribution in [0.2, 0.25) is 0 Å². The van der Waals surface area contributed by atoms with Gasteiger partial charge < -0.3 is 4.74 Å². The second kappa shape index (κ2) is 6.92. The van der Waals surface area contributed by atoms with E-state index in [-0.39, 0.29) is 17.8 Å². The Morgan fingerprint density at radius 2 is 2.24 bits per heavy atom. The number of hydrogen-bond donors (Lipinski definition) is 0. The molecule has 2 unspecified atom stereocenters. The number of nitrogens with zero attached hydrogens (tertiary/aromatic N) is 1. The van der Waals surface area contributed by atoms with Gasteiger partial charge >= 0.3 is 0 Å². The summed E-state index contributed by atoms with van der Waals surface area (Å²) in [6.07, 6.45) is 1.87. The van der Waals surface area contributed by atoms with E-state index in [1.54, 1.807) is 4.31 Å². The summed E-state index contributed by atoms with van der Waals surface area (Å²) in [6, 6.07) is 0. The maximum absolute atomic E-state index is 12.1. The maximum Gasteiger partial charge on any atom is 0.214 e. The molecule has 0 amide bonds. The fraction of sp³-hybridized carbons (Fsp3) is 1.00. The van der Waals surface area contributed by atoms with Gasteiger partial charge in [-0.05, 0) is 25.7 Å². The van der Waals surface area contributed by atoms with Crippen molar-refractivity contribution in [2.75, 3.05) is 31.3 Å². The monoisotopic (exact) mass is 283 g/mol. The van der Waals surface area contributed by atoms with E-state index in [1.807, 2.05) is 13.8 Å². The third-order valence-corrected chi connectivity index (χ3v) is 5.53. The van der Waals surface area contributed by atoms with Crippen LogP contribution in [0.5, 0.6) is 0 Å². The zero-order chi connectivity index (χ0) is 12.9. The van der Waals surface area contributed by atoms with Crippen molar-refractivity contribution in [3.63, 3.8) is 0 Å². The van der Waals surface area contributed by atoms with Crippen molar-refractivity contribution < 1.29 is 13.2 Å². The molecule has 0 bridgehead atoms. The summed E-state index contributed by atoms with van der Waals surface area (Å²) in [7, 11) is -3.18. The molecule has 0 saturated carbocycles. The molecule has 1 heterocycles. The van der Waals surface area contributed by atoms with Crippen molar-refractivity contribution in [3.05, 3.63) is 0 Å². The quantitative estimate of drug-likeness (QED) is 0.697. The van der Waals surface area contributed by atoms with E-state index in [0.717, 1.165) is 12.8 Å². The summed E-state index contributed by atoms with van der Waals surface area (Å²) in [5.41, 5.74) is 0. The molecule has 0 aromatic rings. The average molecular weight is 284 g/mol. The van der Waals surface area contributed by atoms with Crippen LogP contribution >= 0.6 is 11.6 Å². The molecule has 1 aliphatic rings. The Labute approximate surface area is 109 Å². The lowest BCUT2D eigenvalue weighted by Crippen LogP contribution is -2.45. The van der Waals surface area contributed by atoms with Gasteiger partial charge in [0.15, 0.2) is 0 Å². The molecular formula is C11H22ClNO3S. The van der Waals surface area contributed by atoms with Crippen molar-refractivity contribution in [1.82, 2.24) is 4.31 Å². The summed E-state index contributed by atoms with van der Waals surface area (Å²) in [5, 5.41) is 0. The SMILES string of the molecule is CCOC1CCCN(S(=O)(=O)CC(C)CCl)C1. The van der Waals surface area contributed by atoms with Crippen LogP contribution in [0.25, 0.3) is 0 Å². The number of hydrogen-bond acceptors (Lipinski definition) is 3. The smallest absolute Gasteiger partial charge is 0.214 e. The molecule has 0 N–H and O–H groups in total. The van der Waals surface area contributed by atoms with E-state index in [9.17, 15) is 8.42 Å². The Kier molecular flexibility index (Phi) is 6.20. The first kappa shape index (κ1) is 15.2. The Hall–Kier alpha value is 0.160. The van der Waals surface area contributed by atoms with Crippen molar-refractivity contribution in [2.45, 2.75) is 32.8 Å². The lowest BCUT2D eigenvalue weighted by Gasteiger charge is -2.32. The van der Waals surface area contributed by atoms with Gasteiger partial charge in [-0.25, -0.2) is 8.42 Å². The van der Waals surface area contributed by atoms with Crippen molar-refractivity contribution in [1.29, 1.82) is 0 Å². The lowest BCUT2D eigenvalue weighted by molar-refractivity contribution is 0.0264. The van der Waals surface area contributed by atoms with Gasteiger partial charge in [0, 0.05) is 25.6 Å². The predicted octanol–water partition coefficient (Wildman–Crippen LogP) is 1.69. The minimum atomic E-state index is -3.18. The number of ether oxygens (including phenoxy) is 1. The maximum atomic E-state index is 12.1. The number of halogens is 1. The van der Waals surface area contributed by atoms with E-state index in [1.165, 1.54) is 0 Å². The molecule has 1 saturated heterocycles. The minimum Gasteiger partial charge on any atom is -0.377 e. The van der Waals surface area contributed by atoms with Gasteiger partial charge in [-0.2, -0.15) is 4.31 Å². The molecule has 0 aromatic heterocycles. The average Bonchev–Trinajstić information content (AvgIpc) is 2.29. The zero-order valence-electron chi connectivity index (χ0n) is 10.6. The van der Waals surface area contributed by atoms with Crippen LogP contribution in [-0.4, -0.2) is 50.2 Å². The molecule has 102 valence electrons. The van der Waals surface area contributed by atoms with Crippen molar-refractivity contribution in [3.8, 4) is 0 Å². The van der Waals surface area contributed by atoms with Crippen molar-refractivity contribution >= 4 is 21.6 Å². The molecule has 0 aliphatic carbocycles. The molecule has 0 aromatic carbocycles. The standard InChI is InChI=1S/C11H22ClNO3S/c1-3-16-11-5-4-6-13(8-11)17(14,15)9-10(2)7-12/h10-11H,3-9H2,1-2H3. The number of sulfonamides is 1. The fourth-order valence-electron chi connectivity index (χ4n) is 2.04. The van der Waals surface area contributed by atoms with Crippen LogP contribution < -0.4 is 0 Å². The fourth-order valence-corrected chi connectivity index (χ4v) is 4.13. The van der Waals surface area contributed by atoms with Gasteiger partial charge in [0.2, 0.25) is 10.0 Å². The van der Waals surface area contributed by atoms with E-state index >= 15 is 0 Å². The molecule has 0 spiro atoms. The van der Waals surface area contributed by atoms with Gasteiger partial charge in [0.1, 0.15) is 0 Å². The third-order valence-electron chi connectivity index (χ3n) is 2.90. The third kappa shape index (κ3) is 4.73. The Bertz CT molecular complexity index is 319. The normalized spacial score (nSPS) is 24.8. The highest BCUT2D eigenvalue weighted by atomic mass is 35.5. The second-order valence-corrected chi connectivity index (χ2v) is 6.94. The molecule has 1 fully saturated rings. The summed E-state index contributed by atoms with van der Waals surface area (Å²) >= 11 is 5.67. The first-order valence-electron chi connectivity index (χ1n) is 6.15. The van der Waals surface area contributed by atoms with E-state index in [0.29, 0.717) is 25.6 Å². The molecular weight excluding hydrogens is 262 g/mol. The van der Waals surface area contributed by atoms with Gasteiger partial charge in [-0.15, -0.1) is 11.6 Å². The van der Waals surface area contributed by atoms with Crippen LogP contribution in [0.1, 0.15) is 26.7 Å². The Morgan fingerprint density at radius 3 is 2.82 bits per heavy atom. The van der Waals surface area contributed by atoms with Gasteiger partial charge in [0.25, 0.3) is 0 Å². The molecule has 1 aliphatic heterocycles. The number of rotatable bonds is 6. The number of alkyl halides is 1. The number of piperidine rings is 1. The molecule has 2 atom stereocenters. The predicted molar refractivity (Wildman–Crippen MR) is 69.9 cm³/mol. The van der Waals surface area contributed by atoms with E-state index in [4.69, 9.17) is 16.3 Å². The van der Waals surface area contributed by atoms with E-state index in [2.05, 4.69) is 0 Å². The van der Waals surface area contributed by atoms with Crippen molar-refractivity contribution in [2.24, 2.45) is 5.92 Å². The van der Waals surface area contributed by atoms with Crippen LogP contribution in [0.3, 0.4) is 0 Å². The van der Waals surface area contributed by atoms with E-state index < -0.39 is 10.0 Å². The first-order chi connectivity index (χ1) is 7.99. The van der Waals surface area contributed by atoms with Crippen LogP contribution in [0.4, 0.5) is 0 Å². The van der Waals surface area contributed by atoms with Gasteiger partial charge in [-0.3, -0.25) is 0 Å². The Balaban J connectivity index is 2.58. The molecule has 6 heteroatoms. The lowest BCUT2D eigenvalue weighted by atomic mass is 10.1. The molecule has 0 radical (unpaired) electrons. The van der Waals surface area contributed by atoms with Crippen LogP contribution in [0, 0.1) is 5.92 Å². The summed E-state index contributed by atoms with van der Waals surface area (Å²) in [4.78, 5) is 0. The molecule has 4 nitrogen and oxygen atoms in total. The molecule has 1 rings (SSSR count). The molecule has 17 heavy (non-hydrogen) atoms.